The third kappa shape index (κ3) is 5.90. The molecule has 3 rings (SSSR count). The summed E-state index contributed by atoms with van der Waals surface area (Å²) in [5.41, 5.74) is 1.11. The average molecular weight is 433 g/mol. The maximum Gasteiger partial charge on any atom is 0.416 e. The number of aromatic nitrogens is 1. The molecular weight excluding hydrogens is 415 g/mol. The van der Waals surface area contributed by atoms with E-state index in [-0.39, 0.29) is 18.2 Å². The second-order valence-electron chi connectivity index (χ2n) is 6.57. The Morgan fingerprint density at radius 1 is 1.07 bits per heavy atom. The molecule has 0 radical (unpaired) electrons. The Kier molecular flexibility index (Phi) is 6.51. The zero-order chi connectivity index (χ0) is 21.7. The van der Waals surface area contributed by atoms with Gasteiger partial charge in [0.1, 0.15) is 0 Å². The minimum atomic E-state index is -4.39. The van der Waals surface area contributed by atoms with E-state index >= 15 is 0 Å². The van der Waals surface area contributed by atoms with Crippen LogP contribution in [0.2, 0.25) is 0 Å². The van der Waals surface area contributed by atoms with Crippen LogP contribution in [0.4, 0.5) is 18.3 Å². The molecule has 2 N–H and O–H groups in total. The van der Waals surface area contributed by atoms with E-state index in [2.05, 4.69) is 15.6 Å². The zero-order valence-electron chi connectivity index (χ0n) is 15.9. The Hall–Kier alpha value is -3.20. The van der Waals surface area contributed by atoms with Crippen LogP contribution in [-0.2, 0) is 23.9 Å². The molecular formula is C21H18F3N3O2S. The predicted molar refractivity (Wildman–Crippen MR) is 108 cm³/mol. The van der Waals surface area contributed by atoms with Gasteiger partial charge >= 0.3 is 6.18 Å². The van der Waals surface area contributed by atoms with Gasteiger partial charge in [-0.3, -0.25) is 14.9 Å². The third-order valence-corrected chi connectivity index (χ3v) is 5.08. The number of rotatable bonds is 6. The molecule has 2 aromatic carbocycles. The van der Waals surface area contributed by atoms with Crippen molar-refractivity contribution in [1.29, 1.82) is 0 Å². The molecule has 0 aliphatic carbocycles. The third-order valence-electron chi connectivity index (χ3n) is 4.16. The number of nitrogens with zero attached hydrogens (tertiary/aromatic N) is 1. The summed E-state index contributed by atoms with van der Waals surface area (Å²) in [5, 5.41) is 5.73. The molecule has 156 valence electrons. The molecule has 9 heteroatoms. The largest absolute Gasteiger partial charge is 0.416 e. The van der Waals surface area contributed by atoms with Crippen LogP contribution in [0.1, 0.15) is 38.8 Å². The van der Waals surface area contributed by atoms with Gasteiger partial charge in [-0.2, -0.15) is 13.2 Å². The summed E-state index contributed by atoms with van der Waals surface area (Å²) in [6, 6.07) is 11.9. The zero-order valence-corrected chi connectivity index (χ0v) is 16.7. The van der Waals surface area contributed by atoms with E-state index in [0.29, 0.717) is 22.8 Å². The van der Waals surface area contributed by atoms with Crippen LogP contribution < -0.4 is 10.6 Å². The highest BCUT2D eigenvalue weighted by Gasteiger charge is 2.30. The highest BCUT2D eigenvalue weighted by molar-refractivity contribution is 7.15. The second kappa shape index (κ2) is 9.08. The number of hydrogen-bond acceptors (Lipinski definition) is 4. The smallest absolute Gasteiger partial charge is 0.352 e. The standard InChI is InChI=1S/C21H18F3N3O2S/c1-13(28)25-11-14-5-7-16(8-6-14)19(29)27-20-26-12-18(30-20)10-15-3-2-4-17(9-15)21(22,23)24/h2-9,12H,10-11H2,1H3,(H,25,28)(H,26,27,29). The molecule has 0 aliphatic heterocycles. The first-order chi connectivity index (χ1) is 14.2. The monoisotopic (exact) mass is 433 g/mol. The number of hydrogen-bond donors (Lipinski definition) is 2. The van der Waals surface area contributed by atoms with Gasteiger partial charge in [0.25, 0.3) is 5.91 Å². The van der Waals surface area contributed by atoms with E-state index in [4.69, 9.17) is 0 Å². The summed E-state index contributed by atoms with van der Waals surface area (Å²) < 4.78 is 38.5. The van der Waals surface area contributed by atoms with Gasteiger partial charge in [-0.15, -0.1) is 11.3 Å². The Labute approximate surface area is 175 Å². The number of alkyl halides is 3. The van der Waals surface area contributed by atoms with Crippen LogP contribution in [0.5, 0.6) is 0 Å². The van der Waals surface area contributed by atoms with Crippen molar-refractivity contribution in [2.75, 3.05) is 5.32 Å². The van der Waals surface area contributed by atoms with Gasteiger partial charge < -0.3 is 5.32 Å². The molecule has 5 nitrogen and oxygen atoms in total. The molecule has 2 amide bonds. The molecule has 0 unspecified atom stereocenters. The first-order valence-electron chi connectivity index (χ1n) is 8.96. The first-order valence-corrected chi connectivity index (χ1v) is 9.78. The quantitative estimate of drug-likeness (QED) is 0.595. The van der Waals surface area contributed by atoms with Gasteiger partial charge in [-0.1, -0.05) is 30.3 Å². The molecule has 0 saturated carbocycles. The SMILES string of the molecule is CC(=O)NCc1ccc(C(=O)Nc2ncc(Cc3cccc(C(F)(F)F)c3)s2)cc1. The lowest BCUT2D eigenvalue weighted by Gasteiger charge is -2.07. The topological polar surface area (TPSA) is 71.1 Å². The summed E-state index contributed by atoms with van der Waals surface area (Å²) in [5.74, 6) is -0.484. The van der Waals surface area contributed by atoms with Crippen molar-refractivity contribution in [1.82, 2.24) is 10.3 Å². The lowest BCUT2D eigenvalue weighted by Crippen LogP contribution is -2.19. The van der Waals surface area contributed by atoms with Gasteiger partial charge in [0.15, 0.2) is 5.13 Å². The van der Waals surface area contributed by atoms with Crippen LogP contribution in [0.3, 0.4) is 0 Å². The van der Waals surface area contributed by atoms with Gasteiger partial charge in [0.2, 0.25) is 5.91 Å². The van der Waals surface area contributed by atoms with Crippen LogP contribution in [0, 0.1) is 0 Å². The average Bonchev–Trinajstić information content (AvgIpc) is 3.13. The van der Waals surface area contributed by atoms with E-state index in [0.717, 1.165) is 22.6 Å². The fourth-order valence-electron chi connectivity index (χ4n) is 2.68. The fourth-order valence-corrected chi connectivity index (χ4v) is 3.52. The van der Waals surface area contributed by atoms with Crippen molar-refractivity contribution < 1.29 is 22.8 Å². The van der Waals surface area contributed by atoms with E-state index in [1.165, 1.54) is 30.5 Å². The van der Waals surface area contributed by atoms with Crippen molar-refractivity contribution in [3.8, 4) is 0 Å². The predicted octanol–water partition coefficient (Wildman–Crippen LogP) is 4.64. The molecule has 0 atom stereocenters. The number of halogens is 3. The summed E-state index contributed by atoms with van der Waals surface area (Å²) in [4.78, 5) is 28.2. The maximum atomic E-state index is 12.8. The van der Waals surface area contributed by atoms with Crippen molar-refractivity contribution in [3.05, 3.63) is 81.9 Å². The molecule has 0 fully saturated rings. The fraction of sp³-hybridized carbons (Fsp3) is 0.190. The molecule has 0 aliphatic rings. The summed E-state index contributed by atoms with van der Waals surface area (Å²) >= 11 is 1.21. The summed E-state index contributed by atoms with van der Waals surface area (Å²) in [6.07, 6.45) is -2.56. The number of amides is 2. The normalized spacial score (nSPS) is 11.2. The lowest BCUT2D eigenvalue weighted by molar-refractivity contribution is -0.137. The van der Waals surface area contributed by atoms with Crippen LogP contribution in [0.25, 0.3) is 0 Å². The van der Waals surface area contributed by atoms with Crippen molar-refractivity contribution in [2.24, 2.45) is 0 Å². The Morgan fingerprint density at radius 3 is 2.47 bits per heavy atom. The molecule has 30 heavy (non-hydrogen) atoms. The number of carbonyl (C=O) groups is 2. The van der Waals surface area contributed by atoms with Crippen LogP contribution in [-0.4, -0.2) is 16.8 Å². The number of nitrogens with one attached hydrogen (secondary N) is 2. The first kappa shape index (κ1) is 21.5. The Morgan fingerprint density at radius 2 is 1.80 bits per heavy atom. The van der Waals surface area contributed by atoms with E-state index in [1.807, 2.05) is 0 Å². The van der Waals surface area contributed by atoms with Crippen molar-refractivity contribution >= 4 is 28.3 Å². The van der Waals surface area contributed by atoms with Crippen molar-refractivity contribution in [3.63, 3.8) is 0 Å². The van der Waals surface area contributed by atoms with Crippen LogP contribution >= 0.6 is 11.3 Å². The molecule has 1 aromatic heterocycles. The number of benzene rings is 2. The molecule has 1 heterocycles. The minimum Gasteiger partial charge on any atom is -0.352 e. The molecule has 3 aromatic rings. The van der Waals surface area contributed by atoms with Gasteiger partial charge in [-0.25, -0.2) is 4.98 Å². The number of carbonyl (C=O) groups excluding carboxylic acids is 2. The Balaban J connectivity index is 1.61. The molecule has 0 bridgehead atoms. The van der Waals surface area contributed by atoms with Crippen LogP contribution in [0.15, 0.2) is 54.7 Å². The van der Waals surface area contributed by atoms with E-state index in [9.17, 15) is 22.8 Å². The minimum absolute atomic E-state index is 0.137. The number of anilines is 1. The molecule has 0 spiro atoms. The number of thiazole rings is 1. The maximum absolute atomic E-state index is 12.8. The van der Waals surface area contributed by atoms with Gasteiger partial charge in [-0.05, 0) is 29.3 Å². The summed E-state index contributed by atoms with van der Waals surface area (Å²) in [6.45, 7) is 1.81. The highest BCUT2D eigenvalue weighted by atomic mass is 32.1. The van der Waals surface area contributed by atoms with Gasteiger partial charge in [0.05, 0.1) is 5.56 Å². The van der Waals surface area contributed by atoms with Crippen molar-refractivity contribution in [2.45, 2.75) is 26.1 Å². The molecule has 0 saturated heterocycles. The summed E-state index contributed by atoms with van der Waals surface area (Å²) in [7, 11) is 0. The van der Waals surface area contributed by atoms with E-state index in [1.54, 1.807) is 30.3 Å². The lowest BCUT2D eigenvalue weighted by atomic mass is 10.1. The Bertz CT molecular complexity index is 1050. The van der Waals surface area contributed by atoms with E-state index < -0.39 is 11.7 Å². The highest BCUT2D eigenvalue weighted by Crippen LogP contribution is 2.30. The van der Waals surface area contributed by atoms with Gasteiger partial charge in [0, 0.05) is 36.5 Å². The second-order valence-corrected chi connectivity index (χ2v) is 7.68.